The van der Waals surface area contributed by atoms with Crippen LogP contribution in [0, 0.1) is 13.8 Å². The van der Waals surface area contributed by atoms with Gasteiger partial charge in [0.1, 0.15) is 5.56 Å². The van der Waals surface area contributed by atoms with Crippen molar-refractivity contribution in [1.29, 1.82) is 0 Å². The summed E-state index contributed by atoms with van der Waals surface area (Å²) in [5, 5.41) is 17.9. The van der Waals surface area contributed by atoms with E-state index in [4.69, 9.17) is 4.74 Å². The molecule has 0 radical (unpaired) electrons. The van der Waals surface area contributed by atoms with Crippen LogP contribution in [-0.2, 0) is 18.9 Å². The molecule has 0 spiro atoms. The Kier molecular flexibility index (Phi) is 7.17. The summed E-state index contributed by atoms with van der Waals surface area (Å²) >= 11 is 0. The number of anilines is 1. The third-order valence-electron chi connectivity index (χ3n) is 4.61. The number of amides is 2. The van der Waals surface area contributed by atoms with Crippen LogP contribution in [-0.4, -0.2) is 38.0 Å². The molecule has 0 aliphatic carbocycles. The van der Waals surface area contributed by atoms with E-state index in [2.05, 4.69) is 36.0 Å². The predicted molar refractivity (Wildman–Crippen MR) is 110 cm³/mol. The molecule has 188 valence electrons. The molecule has 0 fully saturated rings. The highest BCUT2D eigenvalue weighted by Gasteiger charge is 2.39. The number of ether oxygens (including phenoxy) is 1. The van der Waals surface area contributed by atoms with E-state index in [-0.39, 0.29) is 41.5 Å². The maximum atomic E-state index is 13.2. The first kappa shape index (κ1) is 25.7. The van der Waals surface area contributed by atoms with Gasteiger partial charge < -0.3 is 15.4 Å². The van der Waals surface area contributed by atoms with Crippen LogP contribution in [0.15, 0.2) is 18.3 Å². The molecule has 9 nitrogen and oxygen atoms in total. The summed E-state index contributed by atoms with van der Waals surface area (Å²) in [6.45, 7) is 4.21. The fourth-order valence-corrected chi connectivity index (χ4v) is 3.12. The molecule has 15 heteroatoms. The first-order chi connectivity index (χ1) is 16.3. The van der Waals surface area contributed by atoms with Crippen molar-refractivity contribution in [3.63, 3.8) is 0 Å². The third kappa shape index (κ3) is 5.96. The molecule has 0 aliphatic rings. The molecule has 0 saturated heterocycles. The van der Waals surface area contributed by atoms with Crippen LogP contribution in [0.2, 0.25) is 0 Å². The van der Waals surface area contributed by atoms with Crippen molar-refractivity contribution in [3.05, 3.63) is 46.5 Å². The van der Waals surface area contributed by atoms with Crippen molar-refractivity contribution in [2.75, 3.05) is 11.9 Å². The Labute approximate surface area is 194 Å². The SMILES string of the molecule is CCOc1ncc(NC(=O)NCc2cc(C)c(-c3c(C(F)(F)F)n[nH]c3C)nn2)cc1C(F)(F)F. The standard InChI is InChI=1S/C20H19F6N7O2/c1-4-35-17-13(19(21,22)23)6-11(7-27-17)29-18(34)28-8-12-5-9(2)15(32-31-12)14-10(3)30-33-16(14)20(24,25)26/h5-7H,4,8H2,1-3H3,(H,30,33)(H2,28,29,34). The highest BCUT2D eigenvalue weighted by Crippen LogP contribution is 2.38. The molecule has 3 aromatic rings. The van der Waals surface area contributed by atoms with Gasteiger partial charge in [-0.05, 0) is 38.5 Å². The lowest BCUT2D eigenvalue weighted by atomic mass is 10.0. The number of pyridine rings is 1. The Balaban J connectivity index is 1.71. The molecule has 35 heavy (non-hydrogen) atoms. The van der Waals surface area contributed by atoms with Crippen molar-refractivity contribution in [2.45, 2.75) is 39.7 Å². The number of halogens is 6. The Morgan fingerprint density at radius 1 is 1.09 bits per heavy atom. The first-order valence-electron chi connectivity index (χ1n) is 10.0. The van der Waals surface area contributed by atoms with Gasteiger partial charge in [0.25, 0.3) is 0 Å². The Bertz CT molecular complexity index is 1220. The van der Waals surface area contributed by atoms with Crippen LogP contribution in [0.1, 0.15) is 35.1 Å². The fraction of sp³-hybridized carbons (Fsp3) is 0.350. The van der Waals surface area contributed by atoms with E-state index >= 15 is 0 Å². The molecule has 0 atom stereocenters. The van der Waals surface area contributed by atoms with Gasteiger partial charge >= 0.3 is 18.4 Å². The van der Waals surface area contributed by atoms with Crippen molar-refractivity contribution in [2.24, 2.45) is 0 Å². The molecule has 0 aromatic carbocycles. The molecular formula is C20H19F6N7O2. The second kappa shape index (κ2) is 9.76. The van der Waals surface area contributed by atoms with E-state index in [0.717, 1.165) is 6.20 Å². The average Bonchev–Trinajstić information content (AvgIpc) is 3.14. The monoisotopic (exact) mass is 503 g/mol. The lowest BCUT2D eigenvalue weighted by Crippen LogP contribution is -2.29. The number of urea groups is 1. The van der Waals surface area contributed by atoms with E-state index in [1.54, 1.807) is 0 Å². The highest BCUT2D eigenvalue weighted by atomic mass is 19.4. The Morgan fingerprint density at radius 2 is 1.80 bits per heavy atom. The van der Waals surface area contributed by atoms with Crippen LogP contribution >= 0.6 is 0 Å². The average molecular weight is 503 g/mol. The van der Waals surface area contributed by atoms with E-state index < -0.39 is 35.5 Å². The van der Waals surface area contributed by atoms with Crippen molar-refractivity contribution >= 4 is 11.7 Å². The van der Waals surface area contributed by atoms with E-state index in [1.807, 2.05) is 0 Å². The van der Waals surface area contributed by atoms with Gasteiger partial charge in [0.15, 0.2) is 5.69 Å². The van der Waals surface area contributed by atoms with E-state index in [0.29, 0.717) is 11.6 Å². The van der Waals surface area contributed by atoms with Gasteiger partial charge in [-0.25, -0.2) is 9.78 Å². The summed E-state index contributed by atoms with van der Waals surface area (Å²) in [5.41, 5.74) is -2.07. The molecule has 3 aromatic heterocycles. The number of aryl methyl sites for hydroxylation is 2. The molecule has 3 rings (SSSR count). The summed E-state index contributed by atoms with van der Waals surface area (Å²) in [7, 11) is 0. The zero-order valence-electron chi connectivity index (χ0n) is 18.5. The van der Waals surface area contributed by atoms with E-state index in [1.165, 1.54) is 26.8 Å². The number of rotatable bonds is 6. The predicted octanol–water partition coefficient (Wildman–Crippen LogP) is 4.64. The van der Waals surface area contributed by atoms with Gasteiger partial charge in [-0.15, -0.1) is 5.10 Å². The zero-order valence-corrected chi connectivity index (χ0v) is 18.5. The number of alkyl halides is 6. The van der Waals surface area contributed by atoms with Gasteiger partial charge in [-0.1, -0.05) is 0 Å². The van der Waals surface area contributed by atoms with Crippen molar-refractivity contribution < 1.29 is 35.9 Å². The van der Waals surface area contributed by atoms with Crippen LogP contribution in [0.3, 0.4) is 0 Å². The molecular weight excluding hydrogens is 484 g/mol. The van der Waals surface area contributed by atoms with Crippen LogP contribution < -0.4 is 15.4 Å². The van der Waals surface area contributed by atoms with Crippen molar-refractivity contribution in [3.8, 4) is 17.1 Å². The molecule has 2 amide bonds. The maximum absolute atomic E-state index is 13.2. The Morgan fingerprint density at radius 3 is 2.40 bits per heavy atom. The quantitative estimate of drug-likeness (QED) is 0.422. The number of nitrogens with one attached hydrogen (secondary N) is 3. The van der Waals surface area contributed by atoms with Crippen LogP contribution in [0.4, 0.5) is 36.8 Å². The summed E-state index contributed by atoms with van der Waals surface area (Å²) < 4.78 is 84.2. The Hall–Kier alpha value is -3.91. The molecule has 3 N–H and O–H groups in total. The summed E-state index contributed by atoms with van der Waals surface area (Å²) in [4.78, 5) is 15.7. The zero-order chi connectivity index (χ0) is 26.0. The second-order valence-electron chi connectivity index (χ2n) is 7.25. The normalized spacial score (nSPS) is 11.9. The number of H-pyrrole nitrogens is 1. The minimum Gasteiger partial charge on any atom is -0.478 e. The minimum absolute atomic E-state index is 0.0275. The number of carbonyl (C=O) groups excluding carboxylic acids is 1. The number of carbonyl (C=O) groups is 1. The van der Waals surface area contributed by atoms with Crippen molar-refractivity contribution in [1.82, 2.24) is 30.7 Å². The number of hydrogen-bond donors (Lipinski definition) is 3. The largest absolute Gasteiger partial charge is 0.478 e. The maximum Gasteiger partial charge on any atom is 0.435 e. The van der Waals surface area contributed by atoms with E-state index in [9.17, 15) is 31.1 Å². The second-order valence-corrected chi connectivity index (χ2v) is 7.25. The van der Waals surface area contributed by atoms with Gasteiger partial charge in [0.05, 0.1) is 42.0 Å². The number of aromatic nitrogens is 5. The molecule has 0 aliphatic heterocycles. The molecule has 0 bridgehead atoms. The first-order valence-corrected chi connectivity index (χ1v) is 10.0. The van der Waals surface area contributed by atoms with Gasteiger partial charge in [-0.3, -0.25) is 5.10 Å². The van der Waals surface area contributed by atoms with Gasteiger partial charge in [0, 0.05) is 5.69 Å². The third-order valence-corrected chi connectivity index (χ3v) is 4.61. The van der Waals surface area contributed by atoms with Crippen LogP contribution in [0.25, 0.3) is 11.3 Å². The number of aromatic amines is 1. The summed E-state index contributed by atoms with van der Waals surface area (Å²) in [6, 6.07) is 1.25. The van der Waals surface area contributed by atoms with Crippen LogP contribution in [0.5, 0.6) is 5.88 Å². The van der Waals surface area contributed by atoms with Gasteiger partial charge in [-0.2, -0.15) is 36.5 Å². The number of nitrogens with zero attached hydrogens (tertiary/aromatic N) is 4. The van der Waals surface area contributed by atoms with Gasteiger partial charge in [0.2, 0.25) is 5.88 Å². The lowest BCUT2D eigenvalue weighted by molar-refractivity contribution is -0.141. The fourth-order valence-electron chi connectivity index (χ4n) is 3.12. The summed E-state index contributed by atoms with van der Waals surface area (Å²) in [6.07, 6.45) is -8.45. The molecule has 0 saturated carbocycles. The smallest absolute Gasteiger partial charge is 0.435 e. The topological polar surface area (TPSA) is 118 Å². The highest BCUT2D eigenvalue weighted by molar-refractivity contribution is 5.89. The minimum atomic E-state index is -4.75. The molecule has 0 unspecified atom stereocenters. The lowest BCUT2D eigenvalue weighted by Gasteiger charge is -2.14. The number of hydrogen-bond acceptors (Lipinski definition) is 6. The molecule has 3 heterocycles. The summed E-state index contributed by atoms with van der Waals surface area (Å²) in [5.74, 6) is -0.613.